The molecule has 1 aliphatic heterocycles. The second-order valence-electron chi connectivity index (χ2n) is 5.21. The summed E-state index contributed by atoms with van der Waals surface area (Å²) < 4.78 is 1.14. The number of hydrogen-bond acceptors (Lipinski definition) is 2. The summed E-state index contributed by atoms with van der Waals surface area (Å²) in [4.78, 5) is 2.51. The Morgan fingerprint density at radius 3 is 2.83 bits per heavy atom. The smallest absolute Gasteiger partial charge is 0.0380 e. The molecule has 1 atom stereocenters. The SMILES string of the molecule is CCC1CCCN(c2cc(Br)cc(CN)c2)CC1. The van der Waals surface area contributed by atoms with Crippen LogP contribution in [0.15, 0.2) is 22.7 Å². The van der Waals surface area contributed by atoms with Crippen molar-refractivity contribution in [3.63, 3.8) is 0 Å². The van der Waals surface area contributed by atoms with Crippen LogP contribution in [0, 0.1) is 5.92 Å². The molecular weight excluding hydrogens is 288 g/mol. The van der Waals surface area contributed by atoms with E-state index in [1.54, 1.807) is 0 Å². The van der Waals surface area contributed by atoms with Crippen LogP contribution in [0.4, 0.5) is 5.69 Å². The minimum absolute atomic E-state index is 0.609. The largest absolute Gasteiger partial charge is 0.371 e. The van der Waals surface area contributed by atoms with Gasteiger partial charge in [-0.15, -0.1) is 0 Å². The van der Waals surface area contributed by atoms with Crippen LogP contribution in [0.25, 0.3) is 0 Å². The summed E-state index contributed by atoms with van der Waals surface area (Å²) in [5.74, 6) is 0.913. The Morgan fingerprint density at radius 2 is 2.11 bits per heavy atom. The first-order valence-electron chi connectivity index (χ1n) is 6.97. The summed E-state index contributed by atoms with van der Waals surface area (Å²) in [6, 6.07) is 6.55. The van der Waals surface area contributed by atoms with E-state index in [1.165, 1.54) is 50.0 Å². The first-order valence-corrected chi connectivity index (χ1v) is 7.76. The van der Waals surface area contributed by atoms with Crippen LogP contribution in [0.5, 0.6) is 0 Å². The van der Waals surface area contributed by atoms with E-state index in [-0.39, 0.29) is 0 Å². The van der Waals surface area contributed by atoms with Gasteiger partial charge in [0.05, 0.1) is 0 Å². The molecule has 0 aromatic heterocycles. The molecule has 1 unspecified atom stereocenters. The number of nitrogens with zero attached hydrogens (tertiary/aromatic N) is 1. The summed E-state index contributed by atoms with van der Waals surface area (Å²) in [5, 5.41) is 0. The van der Waals surface area contributed by atoms with E-state index < -0.39 is 0 Å². The Bertz CT molecular complexity index is 392. The highest BCUT2D eigenvalue weighted by Gasteiger charge is 2.16. The third-order valence-electron chi connectivity index (χ3n) is 3.97. The molecule has 2 N–H and O–H groups in total. The third kappa shape index (κ3) is 3.48. The molecule has 0 spiro atoms. The molecule has 1 aliphatic rings. The molecular formula is C15H23BrN2. The van der Waals surface area contributed by atoms with Gasteiger partial charge in [-0.25, -0.2) is 0 Å². The van der Waals surface area contributed by atoms with E-state index >= 15 is 0 Å². The Balaban J connectivity index is 2.13. The number of halogens is 1. The third-order valence-corrected chi connectivity index (χ3v) is 4.43. The Kier molecular flexibility index (Phi) is 5.07. The van der Waals surface area contributed by atoms with Gasteiger partial charge in [0.2, 0.25) is 0 Å². The van der Waals surface area contributed by atoms with Gasteiger partial charge in [-0.1, -0.05) is 29.3 Å². The van der Waals surface area contributed by atoms with Crippen molar-refractivity contribution < 1.29 is 0 Å². The first-order chi connectivity index (χ1) is 8.72. The molecule has 1 heterocycles. The van der Waals surface area contributed by atoms with Crippen LogP contribution < -0.4 is 10.6 Å². The lowest BCUT2D eigenvalue weighted by Gasteiger charge is -2.24. The minimum atomic E-state index is 0.609. The van der Waals surface area contributed by atoms with Gasteiger partial charge in [-0.05, 0) is 48.9 Å². The molecule has 1 saturated heterocycles. The average Bonchev–Trinajstić information content (AvgIpc) is 2.63. The van der Waals surface area contributed by atoms with Gasteiger partial charge in [0.25, 0.3) is 0 Å². The average molecular weight is 311 g/mol. The summed E-state index contributed by atoms with van der Waals surface area (Å²) >= 11 is 3.58. The van der Waals surface area contributed by atoms with Crippen molar-refractivity contribution in [2.24, 2.45) is 11.7 Å². The Hall–Kier alpha value is -0.540. The number of hydrogen-bond donors (Lipinski definition) is 1. The van der Waals surface area contributed by atoms with E-state index in [4.69, 9.17) is 5.73 Å². The van der Waals surface area contributed by atoms with Crippen molar-refractivity contribution in [1.82, 2.24) is 0 Å². The summed E-state index contributed by atoms with van der Waals surface area (Å²) in [7, 11) is 0. The van der Waals surface area contributed by atoms with Crippen molar-refractivity contribution in [1.29, 1.82) is 0 Å². The zero-order valence-corrected chi connectivity index (χ0v) is 12.7. The summed E-state index contributed by atoms with van der Waals surface area (Å²) in [5.41, 5.74) is 8.28. The number of nitrogens with two attached hydrogens (primary N) is 1. The summed E-state index contributed by atoms with van der Waals surface area (Å²) in [6.45, 7) is 5.28. The summed E-state index contributed by atoms with van der Waals surface area (Å²) in [6.07, 6.45) is 5.33. The van der Waals surface area contributed by atoms with Gasteiger partial charge in [-0.2, -0.15) is 0 Å². The fourth-order valence-electron chi connectivity index (χ4n) is 2.77. The van der Waals surface area contributed by atoms with E-state index in [2.05, 4.69) is 46.0 Å². The second-order valence-corrected chi connectivity index (χ2v) is 6.13. The molecule has 2 rings (SSSR count). The van der Waals surface area contributed by atoms with Gasteiger partial charge in [0, 0.05) is 29.8 Å². The molecule has 0 saturated carbocycles. The number of rotatable bonds is 3. The first kappa shape index (κ1) is 13.9. The molecule has 1 aromatic rings. The van der Waals surface area contributed by atoms with Crippen molar-refractivity contribution >= 4 is 21.6 Å². The van der Waals surface area contributed by atoms with Crippen molar-refractivity contribution in [2.75, 3.05) is 18.0 Å². The van der Waals surface area contributed by atoms with Gasteiger partial charge in [0.15, 0.2) is 0 Å². The lowest BCUT2D eigenvalue weighted by Crippen LogP contribution is -2.24. The fourth-order valence-corrected chi connectivity index (χ4v) is 3.29. The van der Waals surface area contributed by atoms with Gasteiger partial charge in [-0.3, -0.25) is 0 Å². The zero-order chi connectivity index (χ0) is 13.0. The molecule has 0 radical (unpaired) electrons. The standard InChI is InChI=1S/C15H23BrN2/c1-2-12-4-3-6-18(7-5-12)15-9-13(11-17)8-14(16)10-15/h8-10,12H,2-7,11,17H2,1H3. The van der Waals surface area contributed by atoms with Crippen molar-refractivity contribution in [3.05, 3.63) is 28.2 Å². The van der Waals surface area contributed by atoms with Crippen LogP contribution in [0.1, 0.15) is 38.2 Å². The van der Waals surface area contributed by atoms with Crippen LogP contribution in [0.3, 0.4) is 0 Å². The van der Waals surface area contributed by atoms with Gasteiger partial charge in [0.1, 0.15) is 0 Å². The lowest BCUT2D eigenvalue weighted by molar-refractivity contribution is 0.459. The zero-order valence-electron chi connectivity index (χ0n) is 11.2. The maximum Gasteiger partial charge on any atom is 0.0380 e. The van der Waals surface area contributed by atoms with E-state index in [1.807, 2.05) is 0 Å². The topological polar surface area (TPSA) is 29.3 Å². The van der Waals surface area contributed by atoms with Gasteiger partial charge >= 0.3 is 0 Å². The lowest BCUT2D eigenvalue weighted by atomic mass is 9.98. The highest BCUT2D eigenvalue weighted by Crippen LogP contribution is 2.27. The van der Waals surface area contributed by atoms with Crippen LogP contribution in [-0.2, 0) is 6.54 Å². The van der Waals surface area contributed by atoms with Crippen LogP contribution in [-0.4, -0.2) is 13.1 Å². The predicted octanol–water partition coefficient (Wildman–Crippen LogP) is 3.92. The predicted molar refractivity (Wildman–Crippen MR) is 81.9 cm³/mol. The molecule has 1 fully saturated rings. The molecule has 100 valence electrons. The number of benzene rings is 1. The normalized spacial score (nSPS) is 20.8. The molecule has 0 bridgehead atoms. The Morgan fingerprint density at radius 1 is 1.28 bits per heavy atom. The Labute approximate surface area is 119 Å². The highest BCUT2D eigenvalue weighted by atomic mass is 79.9. The fraction of sp³-hybridized carbons (Fsp3) is 0.600. The van der Waals surface area contributed by atoms with E-state index in [0.717, 1.165) is 10.4 Å². The second kappa shape index (κ2) is 6.58. The quantitative estimate of drug-likeness (QED) is 0.916. The highest BCUT2D eigenvalue weighted by molar-refractivity contribution is 9.10. The monoisotopic (exact) mass is 310 g/mol. The van der Waals surface area contributed by atoms with Gasteiger partial charge < -0.3 is 10.6 Å². The maximum atomic E-state index is 5.75. The minimum Gasteiger partial charge on any atom is -0.371 e. The van der Waals surface area contributed by atoms with Crippen LogP contribution in [0.2, 0.25) is 0 Å². The molecule has 3 heteroatoms. The van der Waals surface area contributed by atoms with Crippen molar-refractivity contribution in [2.45, 2.75) is 39.2 Å². The van der Waals surface area contributed by atoms with E-state index in [9.17, 15) is 0 Å². The molecule has 18 heavy (non-hydrogen) atoms. The number of anilines is 1. The maximum absolute atomic E-state index is 5.75. The molecule has 1 aromatic carbocycles. The van der Waals surface area contributed by atoms with Crippen molar-refractivity contribution in [3.8, 4) is 0 Å². The van der Waals surface area contributed by atoms with E-state index in [0.29, 0.717) is 6.54 Å². The molecule has 2 nitrogen and oxygen atoms in total. The van der Waals surface area contributed by atoms with Crippen LogP contribution >= 0.6 is 15.9 Å². The molecule has 0 aliphatic carbocycles. The molecule has 0 amide bonds.